The van der Waals surface area contributed by atoms with Gasteiger partial charge in [-0.25, -0.2) is 0 Å². The molecule has 0 radical (unpaired) electrons. The first kappa shape index (κ1) is 13.5. The van der Waals surface area contributed by atoms with E-state index in [-0.39, 0.29) is 17.7 Å². The van der Waals surface area contributed by atoms with Gasteiger partial charge in [0, 0.05) is 10.4 Å². The van der Waals surface area contributed by atoms with Gasteiger partial charge in [0.25, 0.3) is 5.91 Å². The van der Waals surface area contributed by atoms with E-state index in [4.69, 9.17) is 25.8 Å². The number of carbonyl (C=O) groups is 1. The van der Waals surface area contributed by atoms with E-state index in [1.807, 2.05) is 0 Å². The Morgan fingerprint density at radius 3 is 2.90 bits per heavy atom. The molecule has 21 heavy (non-hydrogen) atoms. The summed E-state index contributed by atoms with van der Waals surface area (Å²) in [6.45, 7) is 0.249. The zero-order chi connectivity index (χ0) is 14.8. The van der Waals surface area contributed by atoms with E-state index in [0.29, 0.717) is 21.8 Å². The molecule has 0 atom stereocenters. The van der Waals surface area contributed by atoms with Crippen molar-refractivity contribution in [2.45, 2.75) is 6.54 Å². The summed E-state index contributed by atoms with van der Waals surface area (Å²) in [6, 6.07) is 10.1. The lowest BCUT2D eigenvalue weighted by molar-refractivity contribution is 0.0943. The molecule has 0 spiro atoms. The van der Waals surface area contributed by atoms with Crippen molar-refractivity contribution in [1.29, 1.82) is 5.41 Å². The monoisotopic (exact) mass is 302 g/mol. The molecule has 0 fully saturated rings. The van der Waals surface area contributed by atoms with Gasteiger partial charge >= 0.3 is 0 Å². The second-order valence-corrected chi connectivity index (χ2v) is 4.87. The molecule has 3 rings (SSSR count). The minimum Gasteiger partial charge on any atom is -0.467 e. The molecule has 0 aliphatic heterocycles. The third-order valence-corrected chi connectivity index (χ3v) is 3.21. The molecule has 2 heterocycles. The third-order valence-electron chi connectivity index (χ3n) is 2.98. The Bertz CT molecular complexity index is 853. The highest BCUT2D eigenvalue weighted by Gasteiger charge is 2.12. The maximum atomic E-state index is 12.1. The molecule has 0 saturated carbocycles. The molecule has 5 nitrogen and oxygen atoms in total. The van der Waals surface area contributed by atoms with Crippen molar-refractivity contribution in [3.05, 3.63) is 64.6 Å². The molecule has 2 aromatic heterocycles. The zero-order valence-corrected chi connectivity index (χ0v) is 11.6. The fourth-order valence-electron chi connectivity index (χ4n) is 1.96. The molecular weight excluding hydrogens is 292 g/mol. The predicted molar refractivity (Wildman–Crippen MR) is 77.0 cm³/mol. The van der Waals surface area contributed by atoms with Gasteiger partial charge in [-0.15, -0.1) is 0 Å². The number of hydrogen-bond acceptors (Lipinski definition) is 4. The van der Waals surface area contributed by atoms with Crippen LogP contribution in [0.1, 0.15) is 16.1 Å². The summed E-state index contributed by atoms with van der Waals surface area (Å²) in [5.41, 5.74) is 0.463. The Labute approximate surface area is 124 Å². The van der Waals surface area contributed by atoms with Gasteiger partial charge < -0.3 is 14.2 Å². The first-order valence-electron chi connectivity index (χ1n) is 6.22. The van der Waals surface area contributed by atoms with Crippen LogP contribution in [-0.4, -0.2) is 5.91 Å². The number of benzene rings is 1. The number of furan rings is 1. The molecule has 1 aromatic carbocycles. The van der Waals surface area contributed by atoms with Crippen molar-refractivity contribution in [1.82, 2.24) is 5.32 Å². The molecule has 0 aliphatic carbocycles. The molecule has 2 N–H and O–H groups in total. The van der Waals surface area contributed by atoms with Crippen LogP contribution < -0.4 is 10.9 Å². The van der Waals surface area contributed by atoms with E-state index in [9.17, 15) is 4.79 Å². The number of halogens is 1. The Morgan fingerprint density at radius 2 is 2.14 bits per heavy atom. The summed E-state index contributed by atoms with van der Waals surface area (Å²) in [5, 5.41) is 11.7. The minimum absolute atomic E-state index is 0.149. The molecule has 106 valence electrons. The molecule has 0 unspecified atom stereocenters. The van der Waals surface area contributed by atoms with E-state index in [1.54, 1.807) is 36.4 Å². The van der Waals surface area contributed by atoms with Gasteiger partial charge in [-0.05, 0) is 36.4 Å². The van der Waals surface area contributed by atoms with Crippen LogP contribution in [-0.2, 0) is 6.54 Å². The number of rotatable bonds is 3. The van der Waals surface area contributed by atoms with Gasteiger partial charge in [0.05, 0.1) is 12.8 Å². The number of nitrogens with one attached hydrogen (secondary N) is 2. The topological polar surface area (TPSA) is 79.2 Å². The largest absolute Gasteiger partial charge is 0.467 e. The number of fused-ring (bicyclic) bond motifs is 1. The van der Waals surface area contributed by atoms with Gasteiger partial charge in [-0.3, -0.25) is 10.2 Å². The van der Waals surface area contributed by atoms with Gasteiger partial charge in [-0.1, -0.05) is 11.6 Å². The molecule has 0 saturated heterocycles. The van der Waals surface area contributed by atoms with E-state index >= 15 is 0 Å². The van der Waals surface area contributed by atoms with Crippen molar-refractivity contribution >= 4 is 28.5 Å². The highest BCUT2D eigenvalue weighted by atomic mass is 35.5. The standard InChI is InChI=1S/C15H11ClN2O3/c16-10-3-4-13-9(6-10)7-12(14(17)21-13)15(19)18-8-11-2-1-5-20-11/h1-7,17H,8H2,(H,18,19). The lowest BCUT2D eigenvalue weighted by atomic mass is 10.1. The molecule has 6 heteroatoms. The van der Waals surface area contributed by atoms with Crippen LogP contribution >= 0.6 is 11.6 Å². The molecule has 0 aliphatic rings. The summed E-state index contributed by atoms with van der Waals surface area (Å²) in [4.78, 5) is 12.1. The lowest BCUT2D eigenvalue weighted by Crippen LogP contribution is -2.27. The van der Waals surface area contributed by atoms with E-state index in [1.165, 1.54) is 6.26 Å². The first-order valence-corrected chi connectivity index (χ1v) is 6.60. The Morgan fingerprint density at radius 1 is 1.29 bits per heavy atom. The van der Waals surface area contributed by atoms with Crippen LogP contribution in [0.5, 0.6) is 0 Å². The predicted octanol–water partition coefficient (Wildman–Crippen LogP) is 3.09. The van der Waals surface area contributed by atoms with Crippen molar-refractivity contribution in [2.75, 3.05) is 0 Å². The Kier molecular flexibility index (Phi) is 3.50. The van der Waals surface area contributed by atoms with E-state index in [2.05, 4.69) is 5.32 Å². The maximum absolute atomic E-state index is 12.1. The van der Waals surface area contributed by atoms with Gasteiger partial charge in [-0.2, -0.15) is 0 Å². The highest BCUT2D eigenvalue weighted by molar-refractivity contribution is 6.31. The fraction of sp³-hybridized carbons (Fsp3) is 0.0667. The van der Waals surface area contributed by atoms with Crippen LogP contribution in [0.25, 0.3) is 11.0 Å². The number of amides is 1. The van der Waals surface area contributed by atoms with E-state index in [0.717, 1.165) is 0 Å². The van der Waals surface area contributed by atoms with Gasteiger partial charge in [0.2, 0.25) is 5.55 Å². The van der Waals surface area contributed by atoms with Crippen molar-refractivity contribution in [3.63, 3.8) is 0 Å². The number of hydrogen-bond donors (Lipinski definition) is 2. The Hall–Kier alpha value is -2.53. The normalized spacial score (nSPS) is 10.7. The fourth-order valence-corrected chi connectivity index (χ4v) is 2.14. The van der Waals surface area contributed by atoms with E-state index < -0.39 is 5.91 Å². The quantitative estimate of drug-likeness (QED) is 0.780. The van der Waals surface area contributed by atoms with Crippen LogP contribution in [0.4, 0.5) is 0 Å². The third kappa shape index (κ3) is 2.83. The summed E-state index contributed by atoms with van der Waals surface area (Å²) in [6.07, 6.45) is 1.53. The average molecular weight is 303 g/mol. The molecule has 3 aromatic rings. The second kappa shape index (κ2) is 5.46. The summed E-state index contributed by atoms with van der Waals surface area (Å²) < 4.78 is 10.5. The van der Waals surface area contributed by atoms with Crippen molar-refractivity contribution < 1.29 is 13.6 Å². The van der Waals surface area contributed by atoms with Gasteiger partial charge in [0.15, 0.2) is 0 Å². The van der Waals surface area contributed by atoms with Crippen molar-refractivity contribution in [3.8, 4) is 0 Å². The smallest absolute Gasteiger partial charge is 0.257 e. The summed E-state index contributed by atoms with van der Waals surface area (Å²) >= 11 is 5.92. The van der Waals surface area contributed by atoms with Crippen LogP contribution in [0.3, 0.4) is 0 Å². The highest BCUT2D eigenvalue weighted by Crippen LogP contribution is 2.18. The van der Waals surface area contributed by atoms with Crippen molar-refractivity contribution in [2.24, 2.45) is 0 Å². The maximum Gasteiger partial charge on any atom is 0.257 e. The Balaban J connectivity index is 1.90. The summed E-state index contributed by atoms with van der Waals surface area (Å²) in [7, 11) is 0. The van der Waals surface area contributed by atoms with Crippen LogP contribution in [0, 0.1) is 5.41 Å². The van der Waals surface area contributed by atoms with Crippen LogP contribution in [0.2, 0.25) is 5.02 Å². The van der Waals surface area contributed by atoms with Gasteiger partial charge in [0.1, 0.15) is 16.9 Å². The summed E-state index contributed by atoms with van der Waals surface area (Å²) in [5.74, 6) is 0.234. The first-order chi connectivity index (χ1) is 10.1. The number of carbonyl (C=O) groups excluding carboxylic acids is 1. The minimum atomic E-state index is -0.401. The SMILES string of the molecule is N=c1oc2ccc(Cl)cc2cc1C(=O)NCc1ccco1. The zero-order valence-electron chi connectivity index (χ0n) is 10.9. The lowest BCUT2D eigenvalue weighted by Gasteiger charge is -2.05. The molecule has 1 amide bonds. The van der Waals surface area contributed by atoms with Crippen LogP contribution in [0.15, 0.2) is 51.5 Å². The average Bonchev–Trinajstić information content (AvgIpc) is 2.98. The molecular formula is C15H11ClN2O3. The molecule has 0 bridgehead atoms. The second-order valence-electron chi connectivity index (χ2n) is 4.43.